The smallest absolute Gasteiger partial charge is 0.123 e. The molecule has 0 aliphatic heterocycles. The van der Waals surface area contributed by atoms with Gasteiger partial charge in [0.25, 0.3) is 0 Å². The van der Waals surface area contributed by atoms with E-state index in [2.05, 4.69) is 0 Å². The fourth-order valence-corrected chi connectivity index (χ4v) is 0.800. The van der Waals surface area contributed by atoms with Crippen molar-refractivity contribution in [1.82, 2.24) is 0 Å². The fourth-order valence-electron chi connectivity index (χ4n) is 0.800. The lowest BCUT2D eigenvalue weighted by Crippen LogP contribution is -1.76. The van der Waals surface area contributed by atoms with Crippen molar-refractivity contribution in [3.8, 4) is 0 Å². The molecule has 1 aromatic rings. The van der Waals surface area contributed by atoms with Crippen molar-refractivity contribution in [3.05, 3.63) is 41.4 Å². The standard InChI is InChI=1S/C9H9FO/c1-7(11)6-8-2-4-9(10)5-3-8/h2-6,11H,1H3. The van der Waals surface area contributed by atoms with Crippen molar-refractivity contribution in [1.29, 1.82) is 0 Å². The average molecular weight is 152 g/mol. The molecule has 0 amide bonds. The van der Waals surface area contributed by atoms with Crippen LogP contribution in [-0.2, 0) is 0 Å². The Morgan fingerprint density at radius 1 is 1.36 bits per heavy atom. The summed E-state index contributed by atoms with van der Waals surface area (Å²) in [7, 11) is 0. The van der Waals surface area contributed by atoms with Crippen LogP contribution in [0.4, 0.5) is 4.39 Å². The first-order chi connectivity index (χ1) is 5.18. The summed E-state index contributed by atoms with van der Waals surface area (Å²) < 4.78 is 12.3. The number of benzene rings is 1. The van der Waals surface area contributed by atoms with Crippen LogP contribution in [0.5, 0.6) is 0 Å². The zero-order valence-corrected chi connectivity index (χ0v) is 6.21. The third kappa shape index (κ3) is 2.42. The van der Waals surface area contributed by atoms with E-state index in [0.29, 0.717) is 0 Å². The van der Waals surface area contributed by atoms with E-state index in [-0.39, 0.29) is 11.6 Å². The van der Waals surface area contributed by atoms with E-state index >= 15 is 0 Å². The molecule has 1 N–H and O–H groups in total. The number of hydrogen-bond acceptors (Lipinski definition) is 1. The minimum Gasteiger partial charge on any atom is -0.513 e. The van der Waals surface area contributed by atoms with E-state index < -0.39 is 0 Å². The van der Waals surface area contributed by atoms with Gasteiger partial charge in [-0.05, 0) is 30.7 Å². The first-order valence-corrected chi connectivity index (χ1v) is 3.31. The fraction of sp³-hybridized carbons (Fsp3) is 0.111. The zero-order chi connectivity index (χ0) is 8.27. The highest BCUT2D eigenvalue weighted by Gasteiger charge is 1.89. The SMILES string of the molecule is CC(O)=Cc1ccc(F)cc1. The van der Waals surface area contributed by atoms with E-state index in [1.165, 1.54) is 12.1 Å². The average Bonchev–Trinajstić information content (AvgIpc) is 1.93. The van der Waals surface area contributed by atoms with Crippen LogP contribution in [0.15, 0.2) is 30.0 Å². The van der Waals surface area contributed by atoms with Gasteiger partial charge in [0.2, 0.25) is 0 Å². The summed E-state index contributed by atoms with van der Waals surface area (Å²) in [5, 5.41) is 8.84. The van der Waals surface area contributed by atoms with E-state index in [4.69, 9.17) is 5.11 Å². The Balaban J connectivity index is 2.91. The largest absolute Gasteiger partial charge is 0.513 e. The highest BCUT2D eigenvalue weighted by atomic mass is 19.1. The lowest BCUT2D eigenvalue weighted by atomic mass is 10.2. The van der Waals surface area contributed by atoms with Crippen molar-refractivity contribution >= 4 is 6.08 Å². The molecule has 0 bridgehead atoms. The normalized spacial score (nSPS) is 11.6. The molecular formula is C9H9FO. The van der Waals surface area contributed by atoms with Gasteiger partial charge in [-0.3, -0.25) is 0 Å². The van der Waals surface area contributed by atoms with Gasteiger partial charge in [-0.25, -0.2) is 4.39 Å². The summed E-state index contributed by atoms with van der Waals surface area (Å²) in [6, 6.07) is 5.92. The molecule has 0 spiro atoms. The summed E-state index contributed by atoms with van der Waals surface area (Å²) in [4.78, 5) is 0. The van der Waals surface area contributed by atoms with Gasteiger partial charge in [-0.2, -0.15) is 0 Å². The Hall–Kier alpha value is -1.31. The Kier molecular flexibility index (Phi) is 2.26. The van der Waals surface area contributed by atoms with Crippen molar-refractivity contribution in [3.63, 3.8) is 0 Å². The molecule has 0 unspecified atom stereocenters. The number of aliphatic hydroxyl groups excluding tert-OH is 1. The van der Waals surface area contributed by atoms with Crippen LogP contribution in [0.2, 0.25) is 0 Å². The lowest BCUT2D eigenvalue weighted by molar-refractivity contribution is 0.420. The monoisotopic (exact) mass is 152 g/mol. The van der Waals surface area contributed by atoms with Crippen LogP contribution >= 0.6 is 0 Å². The lowest BCUT2D eigenvalue weighted by Gasteiger charge is -1.92. The van der Waals surface area contributed by atoms with Gasteiger partial charge in [0.15, 0.2) is 0 Å². The van der Waals surface area contributed by atoms with Gasteiger partial charge >= 0.3 is 0 Å². The third-order valence-corrected chi connectivity index (χ3v) is 1.25. The molecule has 0 aliphatic carbocycles. The summed E-state index contributed by atoms with van der Waals surface area (Å²) in [6.07, 6.45) is 1.57. The number of hydrogen-bond donors (Lipinski definition) is 1. The van der Waals surface area contributed by atoms with Crippen LogP contribution in [-0.4, -0.2) is 5.11 Å². The summed E-state index contributed by atoms with van der Waals surface area (Å²) in [5.74, 6) is -0.0469. The topological polar surface area (TPSA) is 20.2 Å². The summed E-state index contributed by atoms with van der Waals surface area (Å²) >= 11 is 0. The van der Waals surface area contributed by atoms with Crippen LogP contribution in [0.1, 0.15) is 12.5 Å². The molecular weight excluding hydrogens is 143 g/mol. The summed E-state index contributed by atoms with van der Waals surface area (Å²) in [5.41, 5.74) is 0.798. The predicted octanol–water partition coefficient (Wildman–Crippen LogP) is 2.74. The van der Waals surface area contributed by atoms with Gasteiger partial charge in [0.1, 0.15) is 5.82 Å². The molecule has 2 heteroatoms. The molecule has 1 aromatic carbocycles. The molecule has 0 saturated carbocycles. The van der Waals surface area contributed by atoms with Crippen LogP contribution in [0.3, 0.4) is 0 Å². The number of allylic oxidation sites excluding steroid dienone is 1. The van der Waals surface area contributed by atoms with E-state index in [9.17, 15) is 4.39 Å². The number of rotatable bonds is 1. The molecule has 0 saturated heterocycles. The Morgan fingerprint density at radius 3 is 2.36 bits per heavy atom. The number of aliphatic hydroxyl groups is 1. The molecule has 0 aromatic heterocycles. The molecule has 0 radical (unpaired) electrons. The molecule has 58 valence electrons. The molecule has 1 nitrogen and oxygen atoms in total. The first-order valence-electron chi connectivity index (χ1n) is 3.31. The molecule has 0 heterocycles. The number of halogens is 1. The van der Waals surface area contributed by atoms with Gasteiger partial charge in [-0.15, -0.1) is 0 Å². The van der Waals surface area contributed by atoms with Gasteiger partial charge in [0.05, 0.1) is 5.76 Å². The van der Waals surface area contributed by atoms with Crippen LogP contribution < -0.4 is 0 Å². The Labute approximate surface area is 64.8 Å². The molecule has 1 rings (SSSR count). The quantitative estimate of drug-likeness (QED) is 0.613. The second-order valence-electron chi connectivity index (χ2n) is 2.34. The Morgan fingerprint density at radius 2 is 1.91 bits per heavy atom. The zero-order valence-electron chi connectivity index (χ0n) is 6.21. The van der Waals surface area contributed by atoms with Crippen molar-refractivity contribution in [2.45, 2.75) is 6.92 Å². The highest BCUT2D eigenvalue weighted by Crippen LogP contribution is 2.06. The maximum atomic E-state index is 12.3. The van der Waals surface area contributed by atoms with Crippen molar-refractivity contribution in [2.75, 3.05) is 0 Å². The summed E-state index contributed by atoms with van der Waals surface area (Å²) in [6.45, 7) is 1.57. The molecule has 11 heavy (non-hydrogen) atoms. The van der Waals surface area contributed by atoms with Crippen LogP contribution in [0, 0.1) is 5.82 Å². The minimum atomic E-state index is -0.266. The van der Waals surface area contributed by atoms with Gasteiger partial charge in [-0.1, -0.05) is 12.1 Å². The molecule has 0 fully saturated rings. The predicted molar refractivity (Wildman–Crippen MR) is 42.7 cm³/mol. The van der Waals surface area contributed by atoms with E-state index in [0.717, 1.165) is 5.56 Å². The van der Waals surface area contributed by atoms with Crippen LogP contribution in [0.25, 0.3) is 6.08 Å². The molecule has 0 aliphatic rings. The maximum absolute atomic E-state index is 12.3. The first kappa shape index (κ1) is 7.79. The highest BCUT2D eigenvalue weighted by molar-refractivity contribution is 5.50. The third-order valence-electron chi connectivity index (χ3n) is 1.25. The minimum absolute atomic E-state index is 0.219. The molecule has 0 atom stereocenters. The maximum Gasteiger partial charge on any atom is 0.123 e. The van der Waals surface area contributed by atoms with Gasteiger partial charge in [0, 0.05) is 0 Å². The van der Waals surface area contributed by atoms with E-state index in [1.807, 2.05) is 0 Å². The van der Waals surface area contributed by atoms with Crippen molar-refractivity contribution < 1.29 is 9.50 Å². The van der Waals surface area contributed by atoms with Crippen molar-refractivity contribution in [2.24, 2.45) is 0 Å². The Bertz CT molecular complexity index is 257. The van der Waals surface area contributed by atoms with E-state index in [1.54, 1.807) is 25.1 Å². The van der Waals surface area contributed by atoms with Gasteiger partial charge < -0.3 is 5.11 Å². The second kappa shape index (κ2) is 3.19. The second-order valence-corrected chi connectivity index (χ2v) is 2.34.